The third-order valence-corrected chi connectivity index (χ3v) is 3.34. The first kappa shape index (κ1) is 8.94. The molecule has 13 heavy (non-hydrogen) atoms. The standard InChI is InChI=1S/C9H15N3S/c1-7-4-3-5-12(6-7)9-11-10-8(2)13-9/h7H,3-6H2,1-2H3/t7-/m0/s1. The van der Waals surface area contributed by atoms with E-state index in [1.165, 1.54) is 12.8 Å². The van der Waals surface area contributed by atoms with Crippen LogP contribution in [0.1, 0.15) is 24.8 Å². The Balaban J connectivity index is 2.08. The zero-order valence-electron chi connectivity index (χ0n) is 8.16. The lowest BCUT2D eigenvalue weighted by Gasteiger charge is -2.29. The van der Waals surface area contributed by atoms with Crippen LogP contribution in [0.2, 0.25) is 0 Å². The van der Waals surface area contributed by atoms with Crippen LogP contribution in [-0.2, 0) is 0 Å². The molecule has 0 saturated carbocycles. The lowest BCUT2D eigenvalue weighted by molar-refractivity contribution is 0.446. The number of hydrogen-bond donors (Lipinski definition) is 0. The van der Waals surface area contributed by atoms with Crippen LogP contribution < -0.4 is 4.90 Å². The zero-order valence-corrected chi connectivity index (χ0v) is 8.97. The Bertz CT molecular complexity index is 284. The van der Waals surface area contributed by atoms with E-state index < -0.39 is 0 Å². The Morgan fingerprint density at radius 2 is 2.31 bits per heavy atom. The molecule has 0 aromatic carbocycles. The van der Waals surface area contributed by atoms with Crippen molar-refractivity contribution in [3.63, 3.8) is 0 Å². The molecule has 1 aromatic heterocycles. The molecule has 2 rings (SSSR count). The highest BCUT2D eigenvalue weighted by molar-refractivity contribution is 7.15. The third-order valence-electron chi connectivity index (χ3n) is 2.44. The largest absolute Gasteiger partial charge is 0.346 e. The summed E-state index contributed by atoms with van der Waals surface area (Å²) >= 11 is 1.70. The number of aryl methyl sites for hydroxylation is 1. The van der Waals surface area contributed by atoms with Crippen LogP contribution >= 0.6 is 11.3 Å². The number of anilines is 1. The van der Waals surface area contributed by atoms with Gasteiger partial charge in [0.15, 0.2) is 0 Å². The van der Waals surface area contributed by atoms with Crippen LogP contribution in [0, 0.1) is 12.8 Å². The Hall–Kier alpha value is -0.640. The molecule has 1 aromatic rings. The lowest BCUT2D eigenvalue weighted by Crippen LogP contribution is -2.34. The van der Waals surface area contributed by atoms with Crippen LogP contribution in [0.25, 0.3) is 0 Å². The van der Waals surface area contributed by atoms with Crippen molar-refractivity contribution in [2.24, 2.45) is 5.92 Å². The van der Waals surface area contributed by atoms with Crippen molar-refractivity contribution < 1.29 is 0 Å². The molecule has 72 valence electrons. The van der Waals surface area contributed by atoms with Gasteiger partial charge < -0.3 is 4.90 Å². The smallest absolute Gasteiger partial charge is 0.208 e. The van der Waals surface area contributed by atoms with Crippen LogP contribution in [0.3, 0.4) is 0 Å². The summed E-state index contributed by atoms with van der Waals surface area (Å²) in [5.74, 6) is 0.804. The van der Waals surface area contributed by atoms with Crippen molar-refractivity contribution in [3.05, 3.63) is 5.01 Å². The Kier molecular flexibility index (Phi) is 2.49. The topological polar surface area (TPSA) is 29.0 Å². The fraction of sp³-hybridized carbons (Fsp3) is 0.778. The minimum Gasteiger partial charge on any atom is -0.346 e. The van der Waals surface area contributed by atoms with Gasteiger partial charge >= 0.3 is 0 Å². The molecule has 2 heterocycles. The van der Waals surface area contributed by atoms with E-state index in [2.05, 4.69) is 22.0 Å². The second-order valence-electron chi connectivity index (χ2n) is 3.80. The molecule has 0 unspecified atom stereocenters. The summed E-state index contributed by atoms with van der Waals surface area (Å²) in [4.78, 5) is 2.36. The molecule has 0 amide bonds. The minimum absolute atomic E-state index is 0.804. The van der Waals surface area contributed by atoms with Crippen molar-refractivity contribution in [2.45, 2.75) is 26.7 Å². The van der Waals surface area contributed by atoms with E-state index in [9.17, 15) is 0 Å². The fourth-order valence-electron chi connectivity index (χ4n) is 1.78. The Morgan fingerprint density at radius 3 is 2.92 bits per heavy atom. The summed E-state index contributed by atoms with van der Waals surface area (Å²) in [7, 11) is 0. The van der Waals surface area contributed by atoms with Crippen molar-refractivity contribution in [3.8, 4) is 0 Å². The average molecular weight is 197 g/mol. The van der Waals surface area contributed by atoms with E-state index >= 15 is 0 Å². The second kappa shape index (κ2) is 3.62. The van der Waals surface area contributed by atoms with Gasteiger partial charge in [0.1, 0.15) is 5.01 Å². The first-order valence-electron chi connectivity index (χ1n) is 4.81. The van der Waals surface area contributed by atoms with E-state index in [1.807, 2.05) is 6.92 Å². The van der Waals surface area contributed by atoms with E-state index in [0.29, 0.717) is 0 Å². The highest BCUT2D eigenvalue weighted by Gasteiger charge is 2.18. The minimum atomic E-state index is 0.804. The van der Waals surface area contributed by atoms with Crippen molar-refractivity contribution in [2.75, 3.05) is 18.0 Å². The van der Waals surface area contributed by atoms with Crippen LogP contribution in [0.5, 0.6) is 0 Å². The maximum atomic E-state index is 4.17. The molecule has 1 aliphatic rings. The van der Waals surface area contributed by atoms with Gasteiger partial charge in [0, 0.05) is 13.1 Å². The molecule has 0 N–H and O–H groups in total. The van der Waals surface area contributed by atoms with E-state index in [1.54, 1.807) is 11.3 Å². The van der Waals surface area contributed by atoms with E-state index in [0.717, 1.165) is 29.1 Å². The van der Waals surface area contributed by atoms with Gasteiger partial charge in [0.25, 0.3) is 0 Å². The van der Waals surface area contributed by atoms with E-state index in [-0.39, 0.29) is 0 Å². The molecule has 0 bridgehead atoms. The SMILES string of the molecule is Cc1nnc(N2CCC[C@H](C)C2)s1. The number of rotatable bonds is 1. The molecule has 0 spiro atoms. The maximum absolute atomic E-state index is 4.17. The van der Waals surface area contributed by atoms with Crippen molar-refractivity contribution in [1.29, 1.82) is 0 Å². The van der Waals surface area contributed by atoms with Gasteiger partial charge in [0.05, 0.1) is 0 Å². The Labute approximate surface area is 82.8 Å². The van der Waals surface area contributed by atoms with Gasteiger partial charge in [-0.1, -0.05) is 18.3 Å². The van der Waals surface area contributed by atoms with Crippen molar-refractivity contribution >= 4 is 16.5 Å². The molecule has 1 saturated heterocycles. The maximum Gasteiger partial charge on any atom is 0.208 e. The molecule has 1 fully saturated rings. The lowest BCUT2D eigenvalue weighted by atomic mass is 10.0. The summed E-state index contributed by atoms with van der Waals surface area (Å²) in [5.41, 5.74) is 0. The number of aromatic nitrogens is 2. The highest BCUT2D eigenvalue weighted by Crippen LogP contribution is 2.25. The molecule has 0 aliphatic carbocycles. The first-order chi connectivity index (χ1) is 6.25. The quantitative estimate of drug-likeness (QED) is 0.690. The average Bonchev–Trinajstić information content (AvgIpc) is 2.52. The van der Waals surface area contributed by atoms with Gasteiger partial charge in [-0.2, -0.15) is 0 Å². The number of hydrogen-bond acceptors (Lipinski definition) is 4. The summed E-state index contributed by atoms with van der Waals surface area (Å²) in [6, 6.07) is 0. The summed E-state index contributed by atoms with van der Waals surface area (Å²) in [6.07, 6.45) is 2.65. The van der Waals surface area contributed by atoms with Gasteiger partial charge in [-0.15, -0.1) is 10.2 Å². The Morgan fingerprint density at radius 1 is 1.46 bits per heavy atom. The van der Waals surface area contributed by atoms with Crippen LogP contribution in [0.15, 0.2) is 0 Å². The van der Waals surface area contributed by atoms with Gasteiger partial charge in [-0.25, -0.2) is 0 Å². The molecule has 1 atom stereocenters. The van der Waals surface area contributed by atoms with Crippen LogP contribution in [-0.4, -0.2) is 23.3 Å². The monoisotopic (exact) mass is 197 g/mol. The summed E-state index contributed by atoms with van der Waals surface area (Å²) in [5, 5.41) is 10.4. The van der Waals surface area contributed by atoms with Gasteiger partial charge in [-0.05, 0) is 25.7 Å². The fourth-order valence-corrected chi connectivity index (χ4v) is 2.50. The van der Waals surface area contributed by atoms with Gasteiger partial charge in [-0.3, -0.25) is 0 Å². The molecular formula is C9H15N3S. The predicted molar refractivity (Wildman–Crippen MR) is 55.3 cm³/mol. The zero-order chi connectivity index (χ0) is 9.26. The molecule has 3 nitrogen and oxygen atoms in total. The van der Waals surface area contributed by atoms with E-state index in [4.69, 9.17) is 0 Å². The first-order valence-corrected chi connectivity index (χ1v) is 5.62. The second-order valence-corrected chi connectivity index (χ2v) is 4.96. The third kappa shape index (κ3) is 1.99. The predicted octanol–water partition coefficient (Wildman–Crippen LogP) is 2.08. The van der Waals surface area contributed by atoms with Crippen LogP contribution in [0.4, 0.5) is 5.13 Å². The molecule has 1 aliphatic heterocycles. The molecule has 0 radical (unpaired) electrons. The van der Waals surface area contributed by atoms with Gasteiger partial charge in [0.2, 0.25) is 5.13 Å². The van der Waals surface area contributed by atoms with Crippen molar-refractivity contribution in [1.82, 2.24) is 10.2 Å². The summed E-state index contributed by atoms with van der Waals surface area (Å²) < 4.78 is 0. The molecular weight excluding hydrogens is 182 g/mol. The summed E-state index contributed by atoms with van der Waals surface area (Å²) in [6.45, 7) is 6.61. The normalized spacial score (nSPS) is 23.5. The molecule has 4 heteroatoms. The number of piperidine rings is 1. The number of nitrogens with zero attached hydrogens (tertiary/aromatic N) is 3. The highest BCUT2D eigenvalue weighted by atomic mass is 32.1.